The van der Waals surface area contributed by atoms with Crippen molar-refractivity contribution in [3.8, 4) is 16.9 Å². The fourth-order valence-corrected chi connectivity index (χ4v) is 7.96. The molecule has 0 unspecified atom stereocenters. The van der Waals surface area contributed by atoms with E-state index in [9.17, 15) is 9.59 Å². The molecule has 3 aromatic carbocycles. The number of hydrogen-bond donors (Lipinski definition) is 1. The lowest BCUT2D eigenvalue weighted by Gasteiger charge is -2.34. The summed E-state index contributed by atoms with van der Waals surface area (Å²) in [6, 6.07) is 15.4. The summed E-state index contributed by atoms with van der Waals surface area (Å²) in [5.74, 6) is 0.222. The van der Waals surface area contributed by atoms with Crippen LogP contribution in [0.15, 0.2) is 48.5 Å². The number of aryl methyl sites for hydroxylation is 6. The molecule has 1 aliphatic heterocycles. The normalized spacial score (nSPS) is 14.5. The minimum absolute atomic E-state index is 0.112. The highest BCUT2D eigenvalue weighted by Crippen LogP contribution is 2.45. The highest BCUT2D eigenvalue weighted by molar-refractivity contribution is 6.35. The van der Waals surface area contributed by atoms with Gasteiger partial charge in [0.15, 0.2) is 0 Å². The third-order valence-electron chi connectivity index (χ3n) is 9.93. The number of fused-ring (bicyclic) bond motifs is 4. The molecule has 0 radical (unpaired) electrons. The maximum absolute atomic E-state index is 15.0. The summed E-state index contributed by atoms with van der Waals surface area (Å²) in [6.07, 6.45) is 1.27. The first kappa shape index (κ1) is 33.8. The largest absolute Gasteiger partial charge is 0.494 e. The minimum Gasteiger partial charge on any atom is -0.494 e. The molecule has 4 heterocycles. The number of anilines is 1. The molecule has 1 N–H and O–H groups in total. The second kappa shape index (κ2) is 12.9. The standard InChI is InChI=1S/C39H39Cl2N5O4/c1-20-16-25(17-21(2)35(20)41)50-15-9-10-26-27-13-14-29(40)34(33-23(4)42-43-24(33)5)36(27)46-22(3)19-45(38(47)37(26)46)31-12-8-11-30-28(31)18-32(44(30)6)39(48)49-7/h8,11-14,16-18,22H,9-10,15,19H2,1-7H3,(H,42,43)/t22-/m1/s1. The van der Waals surface area contributed by atoms with Crippen molar-refractivity contribution in [2.24, 2.45) is 7.05 Å². The molecule has 0 aliphatic carbocycles. The van der Waals surface area contributed by atoms with Crippen LogP contribution in [0.1, 0.15) is 68.4 Å². The average molecular weight is 713 g/mol. The van der Waals surface area contributed by atoms with E-state index in [0.717, 1.165) is 77.5 Å². The molecular formula is C39H39Cl2N5O4. The van der Waals surface area contributed by atoms with Crippen LogP contribution in [0, 0.1) is 27.7 Å². The van der Waals surface area contributed by atoms with E-state index in [2.05, 4.69) is 21.7 Å². The van der Waals surface area contributed by atoms with Crippen LogP contribution in [0.2, 0.25) is 10.0 Å². The number of H-pyrrole nitrogens is 1. The maximum Gasteiger partial charge on any atom is 0.354 e. The van der Waals surface area contributed by atoms with Crippen molar-refractivity contribution in [2.75, 3.05) is 25.2 Å². The number of halogens is 2. The number of aromatic nitrogens is 4. The lowest BCUT2D eigenvalue weighted by Crippen LogP contribution is -2.42. The van der Waals surface area contributed by atoms with Gasteiger partial charge < -0.3 is 23.5 Å². The number of amides is 1. The summed E-state index contributed by atoms with van der Waals surface area (Å²) in [5.41, 5.74) is 9.97. The van der Waals surface area contributed by atoms with Crippen LogP contribution in [0.25, 0.3) is 32.9 Å². The highest BCUT2D eigenvalue weighted by Gasteiger charge is 2.37. The molecule has 0 bridgehead atoms. The SMILES string of the molecule is COC(=O)c1cc2c(N3C[C@@H](C)n4c(c(CCCOc5cc(C)c(Cl)c(C)c5)c5ccc(Cl)c(-c6c(C)n[nH]c6C)c54)C3=O)cccc2n1C. The van der Waals surface area contributed by atoms with E-state index in [4.69, 9.17) is 32.7 Å². The van der Waals surface area contributed by atoms with Gasteiger partial charge in [-0.1, -0.05) is 35.3 Å². The van der Waals surface area contributed by atoms with Gasteiger partial charge in [0.2, 0.25) is 0 Å². The van der Waals surface area contributed by atoms with Crippen LogP contribution < -0.4 is 9.64 Å². The van der Waals surface area contributed by atoms with Crippen molar-refractivity contribution < 1.29 is 19.1 Å². The Kier molecular flexibility index (Phi) is 8.68. The zero-order valence-corrected chi connectivity index (χ0v) is 30.7. The third-order valence-corrected chi connectivity index (χ3v) is 10.8. The van der Waals surface area contributed by atoms with E-state index in [0.29, 0.717) is 42.4 Å². The lowest BCUT2D eigenvalue weighted by molar-refractivity contribution is 0.0590. The highest BCUT2D eigenvalue weighted by atomic mass is 35.5. The number of carbonyl (C=O) groups excluding carboxylic acids is 2. The molecule has 0 saturated heterocycles. The quantitative estimate of drug-likeness (QED) is 0.126. The van der Waals surface area contributed by atoms with Gasteiger partial charge in [-0.3, -0.25) is 9.89 Å². The Hall–Kier alpha value is -4.73. The smallest absolute Gasteiger partial charge is 0.354 e. The molecule has 258 valence electrons. The van der Waals surface area contributed by atoms with Gasteiger partial charge in [0.25, 0.3) is 5.91 Å². The molecule has 6 aromatic rings. The molecule has 3 aromatic heterocycles. The summed E-state index contributed by atoms with van der Waals surface area (Å²) in [6.45, 7) is 10.9. The van der Waals surface area contributed by atoms with Crippen molar-refractivity contribution in [3.05, 3.63) is 98.0 Å². The number of rotatable bonds is 8. The Morgan fingerprint density at radius 1 is 1.02 bits per heavy atom. The van der Waals surface area contributed by atoms with E-state index in [1.54, 1.807) is 10.6 Å². The Morgan fingerprint density at radius 2 is 1.76 bits per heavy atom. The Labute approximate surface area is 300 Å². The van der Waals surface area contributed by atoms with Crippen LogP contribution in [0.3, 0.4) is 0 Å². The summed E-state index contributed by atoms with van der Waals surface area (Å²) >= 11 is 13.4. The molecule has 50 heavy (non-hydrogen) atoms. The van der Waals surface area contributed by atoms with E-state index in [-0.39, 0.29) is 11.9 Å². The van der Waals surface area contributed by atoms with Gasteiger partial charge in [0.1, 0.15) is 17.1 Å². The number of hydrogen-bond acceptors (Lipinski definition) is 5. The molecule has 0 saturated carbocycles. The lowest BCUT2D eigenvalue weighted by atomic mass is 9.98. The molecule has 1 atom stereocenters. The number of nitrogens with zero attached hydrogens (tertiary/aromatic N) is 4. The van der Waals surface area contributed by atoms with Gasteiger partial charge in [-0.25, -0.2) is 4.79 Å². The summed E-state index contributed by atoms with van der Waals surface area (Å²) in [4.78, 5) is 29.4. The number of nitrogens with one attached hydrogen (secondary N) is 1. The molecular weight excluding hydrogens is 673 g/mol. The van der Waals surface area contributed by atoms with Gasteiger partial charge in [-0.2, -0.15) is 5.10 Å². The van der Waals surface area contributed by atoms with E-state index < -0.39 is 5.97 Å². The first-order valence-electron chi connectivity index (χ1n) is 16.7. The van der Waals surface area contributed by atoms with Crippen molar-refractivity contribution in [1.29, 1.82) is 0 Å². The maximum atomic E-state index is 15.0. The van der Waals surface area contributed by atoms with E-state index >= 15 is 0 Å². The van der Waals surface area contributed by atoms with Gasteiger partial charge in [0.05, 0.1) is 41.2 Å². The van der Waals surface area contributed by atoms with Crippen LogP contribution >= 0.6 is 23.2 Å². The first-order chi connectivity index (χ1) is 23.9. The Bertz CT molecular complexity index is 2310. The van der Waals surface area contributed by atoms with E-state index in [1.165, 1.54) is 7.11 Å². The monoisotopic (exact) mass is 711 g/mol. The second-order valence-corrected chi connectivity index (χ2v) is 14.0. The molecule has 1 aliphatic rings. The topological polar surface area (TPSA) is 94.4 Å². The van der Waals surface area contributed by atoms with Crippen LogP contribution in [-0.4, -0.2) is 51.5 Å². The van der Waals surface area contributed by atoms with E-state index in [1.807, 2.05) is 82.1 Å². The Balaban J connectivity index is 1.36. The van der Waals surface area contributed by atoms with Gasteiger partial charge in [-0.15, -0.1) is 0 Å². The van der Waals surface area contributed by atoms with Crippen molar-refractivity contribution in [3.63, 3.8) is 0 Å². The summed E-state index contributed by atoms with van der Waals surface area (Å²) < 4.78 is 15.2. The number of benzene rings is 3. The second-order valence-electron chi connectivity index (χ2n) is 13.2. The molecule has 1 amide bonds. The first-order valence-corrected chi connectivity index (χ1v) is 17.4. The number of methoxy groups -OCH3 is 1. The van der Waals surface area contributed by atoms with Gasteiger partial charge in [0, 0.05) is 52.3 Å². The molecule has 0 fully saturated rings. The number of aromatic amines is 1. The van der Waals surface area contributed by atoms with Crippen LogP contribution in [0.4, 0.5) is 5.69 Å². The molecule has 0 spiro atoms. The zero-order valence-electron chi connectivity index (χ0n) is 29.2. The number of carbonyl (C=O) groups is 2. The minimum atomic E-state index is -0.434. The van der Waals surface area contributed by atoms with Gasteiger partial charge in [-0.05, 0) is 101 Å². The molecule has 9 nitrogen and oxygen atoms in total. The Morgan fingerprint density at radius 3 is 2.44 bits per heavy atom. The molecule has 7 rings (SSSR count). The average Bonchev–Trinajstić information content (AvgIpc) is 3.73. The number of esters is 1. The van der Waals surface area contributed by atoms with Crippen LogP contribution in [-0.2, 0) is 18.2 Å². The zero-order chi connectivity index (χ0) is 35.6. The van der Waals surface area contributed by atoms with Gasteiger partial charge >= 0.3 is 5.97 Å². The predicted octanol–water partition coefficient (Wildman–Crippen LogP) is 9.08. The summed E-state index contributed by atoms with van der Waals surface area (Å²) in [7, 11) is 3.20. The van der Waals surface area contributed by atoms with Crippen LogP contribution in [0.5, 0.6) is 5.75 Å². The predicted molar refractivity (Wildman–Crippen MR) is 199 cm³/mol. The fourth-order valence-electron chi connectivity index (χ4n) is 7.60. The van der Waals surface area contributed by atoms with Crippen molar-refractivity contribution in [1.82, 2.24) is 19.3 Å². The fraction of sp³-hybridized carbons (Fsp3) is 0.308. The van der Waals surface area contributed by atoms with Crippen molar-refractivity contribution in [2.45, 2.75) is 53.5 Å². The van der Waals surface area contributed by atoms with Crippen molar-refractivity contribution >= 4 is 62.6 Å². The third kappa shape index (κ3) is 5.34. The molecule has 11 heteroatoms. The number of ether oxygens (including phenoxy) is 2. The summed E-state index contributed by atoms with van der Waals surface area (Å²) in [5, 5.41) is 10.7.